The fraction of sp³-hybridized carbons (Fsp3) is 0.462. The van der Waals surface area contributed by atoms with E-state index in [9.17, 15) is 14.9 Å². The van der Waals surface area contributed by atoms with Crippen molar-refractivity contribution in [3.63, 3.8) is 0 Å². The zero-order chi connectivity index (χ0) is 14.7. The van der Waals surface area contributed by atoms with Crippen molar-refractivity contribution in [1.82, 2.24) is 0 Å². The molecule has 7 nitrogen and oxygen atoms in total. The predicted octanol–water partition coefficient (Wildman–Crippen LogP) is 1.58. The molecule has 1 fully saturated rings. The Morgan fingerprint density at radius 3 is 2.95 bits per heavy atom. The van der Waals surface area contributed by atoms with Crippen LogP contribution in [0.15, 0.2) is 18.2 Å². The number of non-ortho nitro benzene ring substituents is 1. The van der Waals surface area contributed by atoms with Crippen molar-refractivity contribution in [1.29, 1.82) is 0 Å². The van der Waals surface area contributed by atoms with Gasteiger partial charge in [-0.2, -0.15) is 0 Å². The third-order valence-electron chi connectivity index (χ3n) is 3.27. The number of ether oxygens (including phenoxy) is 1. The highest BCUT2D eigenvalue weighted by Gasteiger charge is 2.24. The van der Waals surface area contributed by atoms with E-state index in [-0.39, 0.29) is 18.2 Å². The van der Waals surface area contributed by atoms with Gasteiger partial charge in [-0.3, -0.25) is 14.9 Å². The zero-order valence-corrected chi connectivity index (χ0v) is 11.1. The lowest BCUT2D eigenvalue weighted by atomic mass is 10.1. The number of aryl methyl sites for hydroxylation is 1. The van der Waals surface area contributed by atoms with Crippen LogP contribution in [0.4, 0.5) is 11.4 Å². The van der Waals surface area contributed by atoms with E-state index in [4.69, 9.17) is 9.84 Å². The Hall–Kier alpha value is -2.15. The van der Waals surface area contributed by atoms with Gasteiger partial charge < -0.3 is 14.7 Å². The van der Waals surface area contributed by atoms with Gasteiger partial charge in [0.2, 0.25) is 0 Å². The summed E-state index contributed by atoms with van der Waals surface area (Å²) in [5, 5.41) is 19.5. The normalized spacial score (nSPS) is 18.9. The van der Waals surface area contributed by atoms with Crippen molar-refractivity contribution < 1.29 is 19.6 Å². The van der Waals surface area contributed by atoms with E-state index < -0.39 is 10.9 Å². The molecular weight excluding hydrogens is 264 g/mol. The van der Waals surface area contributed by atoms with Crippen molar-refractivity contribution >= 4 is 17.3 Å². The summed E-state index contributed by atoms with van der Waals surface area (Å²) >= 11 is 0. The molecule has 1 aliphatic rings. The molecule has 1 aromatic carbocycles. The maximum Gasteiger partial charge on any atom is 0.306 e. The molecule has 1 atom stereocenters. The Morgan fingerprint density at radius 2 is 2.35 bits per heavy atom. The van der Waals surface area contributed by atoms with E-state index in [2.05, 4.69) is 0 Å². The average molecular weight is 280 g/mol. The van der Waals surface area contributed by atoms with Crippen LogP contribution < -0.4 is 4.90 Å². The molecule has 0 aliphatic carbocycles. The summed E-state index contributed by atoms with van der Waals surface area (Å²) in [6.07, 6.45) is -0.390. The lowest BCUT2D eigenvalue weighted by molar-refractivity contribution is -0.384. The van der Waals surface area contributed by atoms with Gasteiger partial charge in [-0.15, -0.1) is 0 Å². The maximum absolute atomic E-state index is 10.7. The highest BCUT2D eigenvalue weighted by atomic mass is 16.6. The third kappa shape index (κ3) is 3.24. The van der Waals surface area contributed by atoms with Crippen molar-refractivity contribution in [2.75, 3.05) is 24.6 Å². The highest BCUT2D eigenvalue weighted by molar-refractivity contribution is 5.67. The van der Waals surface area contributed by atoms with Crippen LogP contribution in [0, 0.1) is 17.0 Å². The van der Waals surface area contributed by atoms with Gasteiger partial charge in [-0.25, -0.2) is 0 Å². The molecule has 1 heterocycles. The lowest BCUT2D eigenvalue weighted by Crippen LogP contribution is -2.43. The van der Waals surface area contributed by atoms with E-state index in [0.717, 1.165) is 11.3 Å². The minimum Gasteiger partial charge on any atom is -0.481 e. The molecule has 1 aliphatic heterocycles. The minimum atomic E-state index is -0.891. The summed E-state index contributed by atoms with van der Waals surface area (Å²) in [7, 11) is 0. The largest absolute Gasteiger partial charge is 0.481 e. The molecule has 1 N–H and O–H groups in total. The number of carbonyl (C=O) groups is 1. The first-order valence-corrected chi connectivity index (χ1v) is 6.31. The van der Waals surface area contributed by atoms with Crippen molar-refractivity contribution in [3.8, 4) is 0 Å². The monoisotopic (exact) mass is 280 g/mol. The summed E-state index contributed by atoms with van der Waals surface area (Å²) < 4.78 is 5.41. The molecule has 108 valence electrons. The second-order valence-corrected chi connectivity index (χ2v) is 4.76. The molecule has 0 amide bonds. The van der Waals surface area contributed by atoms with E-state index in [0.29, 0.717) is 19.7 Å². The zero-order valence-electron chi connectivity index (χ0n) is 11.1. The molecule has 2 rings (SSSR count). The Balaban J connectivity index is 2.14. The van der Waals surface area contributed by atoms with Gasteiger partial charge in [0, 0.05) is 30.9 Å². The molecule has 0 aromatic heterocycles. The highest BCUT2D eigenvalue weighted by Crippen LogP contribution is 2.26. The van der Waals surface area contributed by atoms with Crippen molar-refractivity contribution in [3.05, 3.63) is 33.9 Å². The van der Waals surface area contributed by atoms with Crippen LogP contribution in [-0.4, -0.2) is 41.8 Å². The van der Waals surface area contributed by atoms with Crippen LogP contribution in [0.5, 0.6) is 0 Å². The Kier molecular flexibility index (Phi) is 4.19. The summed E-state index contributed by atoms with van der Waals surface area (Å²) in [5.41, 5.74) is 1.74. The molecule has 0 bridgehead atoms. The molecule has 1 aromatic rings. The molecular formula is C13H16N2O5. The standard InChI is InChI=1S/C13H16N2O5/c1-9-6-10(15(18)19)2-3-12(9)14-4-5-20-11(8-14)7-13(16)17/h2-3,6,11H,4-5,7-8H2,1H3,(H,16,17). The topological polar surface area (TPSA) is 92.9 Å². The lowest BCUT2D eigenvalue weighted by Gasteiger charge is -2.34. The number of carboxylic acids is 1. The first kappa shape index (κ1) is 14.3. The number of hydrogen-bond donors (Lipinski definition) is 1. The van der Waals surface area contributed by atoms with Gasteiger partial charge in [0.15, 0.2) is 0 Å². The van der Waals surface area contributed by atoms with Gasteiger partial charge >= 0.3 is 5.97 Å². The summed E-state index contributed by atoms with van der Waals surface area (Å²) in [6, 6.07) is 4.69. The summed E-state index contributed by atoms with van der Waals surface area (Å²) in [5.74, 6) is -0.891. The van der Waals surface area contributed by atoms with Gasteiger partial charge in [0.25, 0.3) is 5.69 Å². The van der Waals surface area contributed by atoms with Crippen molar-refractivity contribution in [2.24, 2.45) is 0 Å². The predicted molar refractivity (Wildman–Crippen MR) is 72.0 cm³/mol. The second-order valence-electron chi connectivity index (χ2n) is 4.76. The number of aliphatic carboxylic acids is 1. The quantitative estimate of drug-likeness (QED) is 0.665. The van der Waals surface area contributed by atoms with Crippen LogP contribution in [0.1, 0.15) is 12.0 Å². The van der Waals surface area contributed by atoms with Crippen LogP contribution in [0.25, 0.3) is 0 Å². The van der Waals surface area contributed by atoms with Gasteiger partial charge in [-0.1, -0.05) is 0 Å². The van der Waals surface area contributed by atoms with E-state index in [1.54, 1.807) is 6.07 Å². The van der Waals surface area contributed by atoms with Gasteiger partial charge in [0.1, 0.15) is 0 Å². The van der Waals surface area contributed by atoms with Crippen LogP contribution in [0.3, 0.4) is 0 Å². The molecule has 0 saturated carbocycles. The van der Waals surface area contributed by atoms with Gasteiger partial charge in [0.05, 0.1) is 24.1 Å². The molecule has 7 heteroatoms. The molecule has 20 heavy (non-hydrogen) atoms. The Morgan fingerprint density at radius 1 is 1.60 bits per heavy atom. The SMILES string of the molecule is Cc1cc([N+](=O)[O-])ccc1N1CCOC(CC(=O)O)C1. The number of nitro groups is 1. The number of benzene rings is 1. The molecule has 1 unspecified atom stereocenters. The number of nitrogens with zero attached hydrogens (tertiary/aromatic N) is 2. The molecule has 1 saturated heterocycles. The van der Waals surface area contributed by atoms with E-state index in [1.807, 2.05) is 11.8 Å². The van der Waals surface area contributed by atoms with Crippen LogP contribution >= 0.6 is 0 Å². The van der Waals surface area contributed by atoms with Crippen LogP contribution in [-0.2, 0) is 9.53 Å². The third-order valence-corrected chi connectivity index (χ3v) is 3.27. The average Bonchev–Trinajstić information content (AvgIpc) is 2.38. The number of carboxylic acid groups (broad SMARTS) is 1. The van der Waals surface area contributed by atoms with E-state index in [1.165, 1.54) is 12.1 Å². The first-order chi connectivity index (χ1) is 9.47. The number of morpholine rings is 1. The van der Waals surface area contributed by atoms with Crippen LogP contribution in [0.2, 0.25) is 0 Å². The fourth-order valence-electron chi connectivity index (χ4n) is 2.36. The van der Waals surface area contributed by atoms with E-state index >= 15 is 0 Å². The molecule has 0 spiro atoms. The summed E-state index contributed by atoms with van der Waals surface area (Å²) in [4.78, 5) is 23.0. The Bertz CT molecular complexity index is 531. The maximum atomic E-state index is 10.7. The number of anilines is 1. The number of rotatable bonds is 4. The summed E-state index contributed by atoms with van der Waals surface area (Å²) in [6.45, 7) is 3.39. The minimum absolute atomic E-state index is 0.0392. The Labute approximate surface area is 115 Å². The van der Waals surface area contributed by atoms with Gasteiger partial charge in [-0.05, 0) is 18.6 Å². The number of nitro benzene ring substituents is 1. The smallest absolute Gasteiger partial charge is 0.306 e. The first-order valence-electron chi connectivity index (χ1n) is 6.31. The fourth-order valence-corrected chi connectivity index (χ4v) is 2.36. The molecule has 0 radical (unpaired) electrons. The number of hydrogen-bond acceptors (Lipinski definition) is 5. The van der Waals surface area contributed by atoms with Crippen molar-refractivity contribution in [2.45, 2.75) is 19.4 Å². The second kappa shape index (κ2) is 5.87.